The van der Waals surface area contributed by atoms with E-state index < -0.39 is 0 Å². The summed E-state index contributed by atoms with van der Waals surface area (Å²) in [7, 11) is 0. The zero-order chi connectivity index (χ0) is 11.1. The maximum atomic E-state index is 13.2. The van der Waals surface area contributed by atoms with E-state index in [1.165, 1.54) is 18.9 Å². The Labute approximate surface area is 95.2 Å². The molecule has 86 valence electrons. The Morgan fingerprint density at radius 1 is 1.31 bits per heavy atom. The molecule has 1 aromatic rings. The molecule has 2 saturated heterocycles. The van der Waals surface area contributed by atoms with Crippen LogP contribution in [0, 0.1) is 11.7 Å². The van der Waals surface area contributed by atoms with Crippen molar-refractivity contribution in [2.75, 3.05) is 11.4 Å². The highest BCUT2D eigenvalue weighted by atomic mass is 19.1. The second-order valence-electron chi connectivity index (χ2n) is 5.02. The van der Waals surface area contributed by atoms with Gasteiger partial charge in [0.1, 0.15) is 5.82 Å². The summed E-state index contributed by atoms with van der Waals surface area (Å²) in [4.78, 5) is 2.33. The highest BCUT2D eigenvalue weighted by molar-refractivity contribution is 5.49. The first-order valence-corrected chi connectivity index (χ1v) is 6.02. The summed E-state index contributed by atoms with van der Waals surface area (Å²) in [5, 5.41) is 0. The van der Waals surface area contributed by atoms with E-state index in [2.05, 4.69) is 4.90 Å². The third-order valence-corrected chi connectivity index (χ3v) is 4.03. The fraction of sp³-hybridized carbons (Fsp3) is 0.538. The summed E-state index contributed by atoms with van der Waals surface area (Å²) >= 11 is 0. The maximum Gasteiger partial charge on any atom is 0.125 e. The molecule has 3 atom stereocenters. The van der Waals surface area contributed by atoms with Gasteiger partial charge in [0, 0.05) is 24.3 Å². The number of hydrogen-bond acceptors (Lipinski definition) is 2. The average molecular weight is 220 g/mol. The lowest BCUT2D eigenvalue weighted by Gasteiger charge is -2.49. The SMILES string of the molecule is NC1CC2CCC1CN2c1cccc(F)c1. The smallest absolute Gasteiger partial charge is 0.125 e. The largest absolute Gasteiger partial charge is 0.368 e. The molecule has 2 nitrogen and oxygen atoms in total. The Morgan fingerprint density at radius 2 is 2.19 bits per heavy atom. The molecule has 2 aliphatic heterocycles. The summed E-state index contributed by atoms with van der Waals surface area (Å²) < 4.78 is 13.2. The zero-order valence-electron chi connectivity index (χ0n) is 9.27. The third kappa shape index (κ3) is 1.59. The van der Waals surface area contributed by atoms with Crippen molar-refractivity contribution in [3.8, 4) is 0 Å². The molecule has 3 unspecified atom stereocenters. The fourth-order valence-electron chi connectivity index (χ4n) is 3.13. The van der Waals surface area contributed by atoms with Crippen LogP contribution in [0.5, 0.6) is 0 Å². The molecule has 3 fully saturated rings. The molecular weight excluding hydrogens is 203 g/mol. The fourth-order valence-corrected chi connectivity index (χ4v) is 3.13. The molecule has 1 aromatic carbocycles. The normalized spacial score (nSPS) is 33.1. The molecule has 0 aromatic heterocycles. The lowest BCUT2D eigenvalue weighted by atomic mass is 9.76. The van der Waals surface area contributed by atoms with Crippen LogP contribution in [0.3, 0.4) is 0 Å². The maximum absolute atomic E-state index is 13.2. The lowest BCUT2D eigenvalue weighted by Crippen LogP contribution is -2.56. The molecule has 2 heterocycles. The second-order valence-corrected chi connectivity index (χ2v) is 5.02. The molecule has 2 bridgehead atoms. The first-order chi connectivity index (χ1) is 7.74. The number of nitrogens with zero attached hydrogens (tertiary/aromatic N) is 1. The summed E-state index contributed by atoms with van der Waals surface area (Å²) in [5.74, 6) is 0.441. The Bertz CT molecular complexity index is 393. The van der Waals surface area contributed by atoms with Gasteiger partial charge < -0.3 is 10.6 Å². The van der Waals surface area contributed by atoms with Crippen molar-refractivity contribution < 1.29 is 4.39 Å². The molecule has 1 saturated carbocycles. The first-order valence-electron chi connectivity index (χ1n) is 6.02. The van der Waals surface area contributed by atoms with Gasteiger partial charge in [-0.15, -0.1) is 0 Å². The molecule has 0 amide bonds. The van der Waals surface area contributed by atoms with E-state index in [0.29, 0.717) is 18.0 Å². The van der Waals surface area contributed by atoms with Crippen LogP contribution >= 0.6 is 0 Å². The van der Waals surface area contributed by atoms with E-state index in [0.717, 1.165) is 18.7 Å². The van der Waals surface area contributed by atoms with Gasteiger partial charge in [0.05, 0.1) is 0 Å². The van der Waals surface area contributed by atoms with Crippen molar-refractivity contribution in [3.63, 3.8) is 0 Å². The van der Waals surface area contributed by atoms with Gasteiger partial charge in [-0.05, 0) is 43.4 Å². The average Bonchev–Trinajstić information content (AvgIpc) is 2.29. The molecule has 1 aliphatic carbocycles. The van der Waals surface area contributed by atoms with Crippen LogP contribution in [0.4, 0.5) is 10.1 Å². The molecule has 2 N–H and O–H groups in total. The molecular formula is C13H17FN2. The topological polar surface area (TPSA) is 29.3 Å². The molecule has 0 spiro atoms. The van der Waals surface area contributed by atoms with Crippen molar-refractivity contribution in [1.82, 2.24) is 0 Å². The predicted octanol–water partition coefficient (Wildman–Crippen LogP) is 2.14. The van der Waals surface area contributed by atoms with Crippen LogP contribution in [0.15, 0.2) is 24.3 Å². The molecule has 16 heavy (non-hydrogen) atoms. The van der Waals surface area contributed by atoms with E-state index >= 15 is 0 Å². The number of piperidine rings is 2. The number of anilines is 1. The van der Waals surface area contributed by atoms with Crippen LogP contribution in [0.1, 0.15) is 19.3 Å². The number of hydrogen-bond donors (Lipinski definition) is 1. The van der Waals surface area contributed by atoms with Crippen molar-refractivity contribution in [2.45, 2.75) is 31.3 Å². The molecule has 4 rings (SSSR count). The minimum absolute atomic E-state index is 0.150. The van der Waals surface area contributed by atoms with E-state index in [4.69, 9.17) is 5.73 Å². The minimum Gasteiger partial charge on any atom is -0.368 e. The Morgan fingerprint density at radius 3 is 2.81 bits per heavy atom. The van der Waals surface area contributed by atoms with Crippen LogP contribution in [0.25, 0.3) is 0 Å². The zero-order valence-corrected chi connectivity index (χ0v) is 9.27. The van der Waals surface area contributed by atoms with E-state index in [9.17, 15) is 4.39 Å². The summed E-state index contributed by atoms with van der Waals surface area (Å²) in [6.45, 7) is 0.995. The quantitative estimate of drug-likeness (QED) is 0.785. The van der Waals surface area contributed by atoms with Gasteiger partial charge in [-0.2, -0.15) is 0 Å². The Hall–Kier alpha value is -1.09. The third-order valence-electron chi connectivity index (χ3n) is 4.03. The van der Waals surface area contributed by atoms with Crippen LogP contribution < -0.4 is 10.6 Å². The highest BCUT2D eigenvalue weighted by Crippen LogP contribution is 2.37. The van der Waals surface area contributed by atoms with Gasteiger partial charge in [0.2, 0.25) is 0 Å². The van der Waals surface area contributed by atoms with Crippen molar-refractivity contribution in [1.29, 1.82) is 0 Å². The van der Waals surface area contributed by atoms with Gasteiger partial charge >= 0.3 is 0 Å². The van der Waals surface area contributed by atoms with E-state index in [1.54, 1.807) is 12.1 Å². The molecule has 0 radical (unpaired) electrons. The predicted molar refractivity (Wildman–Crippen MR) is 62.9 cm³/mol. The van der Waals surface area contributed by atoms with Crippen molar-refractivity contribution in [3.05, 3.63) is 30.1 Å². The van der Waals surface area contributed by atoms with Gasteiger partial charge in [-0.1, -0.05) is 6.07 Å². The monoisotopic (exact) mass is 220 g/mol. The number of fused-ring (bicyclic) bond motifs is 3. The summed E-state index contributed by atoms with van der Waals surface area (Å²) in [5.41, 5.74) is 7.10. The Kier molecular flexibility index (Phi) is 2.36. The number of rotatable bonds is 1. The lowest BCUT2D eigenvalue weighted by molar-refractivity contribution is 0.216. The van der Waals surface area contributed by atoms with E-state index in [1.807, 2.05) is 6.07 Å². The van der Waals surface area contributed by atoms with Crippen LogP contribution in [0.2, 0.25) is 0 Å². The van der Waals surface area contributed by atoms with Crippen LogP contribution in [-0.2, 0) is 0 Å². The van der Waals surface area contributed by atoms with Gasteiger partial charge in [0.25, 0.3) is 0 Å². The van der Waals surface area contributed by atoms with Crippen molar-refractivity contribution in [2.24, 2.45) is 11.7 Å². The molecule has 3 heteroatoms. The van der Waals surface area contributed by atoms with Gasteiger partial charge in [0.15, 0.2) is 0 Å². The minimum atomic E-state index is -0.150. The number of nitrogens with two attached hydrogens (primary N) is 1. The number of benzene rings is 1. The second kappa shape index (κ2) is 3.74. The van der Waals surface area contributed by atoms with Gasteiger partial charge in [-0.3, -0.25) is 0 Å². The first kappa shape index (κ1) is 10.1. The Balaban J connectivity index is 1.87. The molecule has 3 aliphatic rings. The summed E-state index contributed by atoms with van der Waals surface area (Å²) in [6.07, 6.45) is 3.49. The standard InChI is InChI=1S/C13H17FN2/c14-10-2-1-3-11(6-10)16-8-9-4-5-12(16)7-13(9)15/h1-3,6,9,12-13H,4-5,7-8,15H2. The highest BCUT2D eigenvalue weighted by Gasteiger charge is 2.38. The van der Waals surface area contributed by atoms with Crippen molar-refractivity contribution >= 4 is 5.69 Å². The van der Waals surface area contributed by atoms with Gasteiger partial charge in [-0.25, -0.2) is 4.39 Å². The van der Waals surface area contributed by atoms with E-state index in [-0.39, 0.29) is 5.82 Å². The summed E-state index contributed by atoms with van der Waals surface area (Å²) in [6, 6.07) is 7.77. The number of halogens is 1. The van der Waals surface area contributed by atoms with Crippen LogP contribution in [-0.4, -0.2) is 18.6 Å².